The minimum absolute atomic E-state index is 0.292. The Hall–Kier alpha value is -1.61. The van der Waals surface area contributed by atoms with Crippen molar-refractivity contribution in [3.05, 3.63) is 36.0 Å². The van der Waals surface area contributed by atoms with Gasteiger partial charge in [0.1, 0.15) is 11.9 Å². The summed E-state index contributed by atoms with van der Waals surface area (Å²) in [5.74, 6) is 0.960. The largest absolute Gasteiger partial charge is 0.488 e. The van der Waals surface area contributed by atoms with Crippen molar-refractivity contribution in [2.45, 2.75) is 19.4 Å². The summed E-state index contributed by atoms with van der Waals surface area (Å²) in [5, 5.41) is 4.42. The molecule has 1 saturated heterocycles. The maximum absolute atomic E-state index is 6.07. The molecule has 1 N–H and O–H groups in total. The van der Waals surface area contributed by atoms with E-state index in [1.54, 1.807) is 0 Å². The summed E-state index contributed by atoms with van der Waals surface area (Å²) in [6, 6.07) is 10.2. The number of benzene rings is 1. The van der Waals surface area contributed by atoms with Crippen molar-refractivity contribution in [3.8, 4) is 5.75 Å². The molecule has 1 aliphatic rings. The van der Waals surface area contributed by atoms with E-state index in [1.165, 1.54) is 0 Å². The lowest BCUT2D eigenvalue weighted by molar-refractivity contribution is 0.225. The first-order chi connectivity index (χ1) is 8.33. The van der Waals surface area contributed by atoms with Gasteiger partial charge < -0.3 is 10.1 Å². The van der Waals surface area contributed by atoms with Crippen LogP contribution < -0.4 is 10.1 Å². The second kappa shape index (κ2) is 4.34. The lowest BCUT2D eigenvalue weighted by Gasteiger charge is -2.14. The summed E-state index contributed by atoms with van der Waals surface area (Å²) >= 11 is 0. The summed E-state index contributed by atoms with van der Waals surface area (Å²) < 4.78 is 6.07. The van der Waals surface area contributed by atoms with Gasteiger partial charge in [-0.05, 0) is 32.0 Å². The molecule has 1 aliphatic heterocycles. The number of pyridine rings is 1. The van der Waals surface area contributed by atoms with Crippen molar-refractivity contribution in [3.63, 3.8) is 0 Å². The van der Waals surface area contributed by atoms with Crippen LogP contribution in [0.25, 0.3) is 10.9 Å². The lowest BCUT2D eigenvalue weighted by Crippen LogP contribution is -2.19. The summed E-state index contributed by atoms with van der Waals surface area (Å²) in [6.45, 7) is 3.99. The molecule has 1 aromatic heterocycles. The van der Waals surface area contributed by atoms with E-state index in [4.69, 9.17) is 4.74 Å². The van der Waals surface area contributed by atoms with Gasteiger partial charge in [-0.2, -0.15) is 0 Å². The van der Waals surface area contributed by atoms with Crippen molar-refractivity contribution >= 4 is 10.9 Å². The zero-order valence-electron chi connectivity index (χ0n) is 9.94. The average molecular weight is 228 g/mol. The van der Waals surface area contributed by atoms with E-state index in [-0.39, 0.29) is 0 Å². The van der Waals surface area contributed by atoms with Crippen LogP contribution in [0.4, 0.5) is 0 Å². The molecule has 0 radical (unpaired) electrons. The van der Waals surface area contributed by atoms with E-state index in [9.17, 15) is 0 Å². The molecular formula is C14H16N2O. The highest BCUT2D eigenvalue weighted by molar-refractivity contribution is 5.85. The Labute approximate surface area is 101 Å². The van der Waals surface area contributed by atoms with Gasteiger partial charge in [-0.15, -0.1) is 0 Å². The Morgan fingerprint density at radius 1 is 1.35 bits per heavy atom. The third kappa shape index (κ3) is 2.11. The fourth-order valence-corrected chi connectivity index (χ4v) is 2.28. The van der Waals surface area contributed by atoms with Crippen molar-refractivity contribution in [2.24, 2.45) is 0 Å². The lowest BCUT2D eigenvalue weighted by atomic mass is 10.2. The second-order valence-electron chi connectivity index (χ2n) is 4.51. The molecule has 0 aliphatic carbocycles. The summed E-state index contributed by atoms with van der Waals surface area (Å²) in [4.78, 5) is 4.52. The number of aryl methyl sites for hydroxylation is 1. The maximum atomic E-state index is 6.07. The van der Waals surface area contributed by atoms with Gasteiger partial charge in [0.05, 0.1) is 5.52 Å². The van der Waals surface area contributed by atoms with Crippen LogP contribution in [0.2, 0.25) is 0 Å². The molecular weight excluding hydrogens is 212 g/mol. The minimum atomic E-state index is 0.292. The van der Waals surface area contributed by atoms with Gasteiger partial charge in [0.25, 0.3) is 0 Å². The van der Waals surface area contributed by atoms with Gasteiger partial charge in [0, 0.05) is 23.7 Å². The van der Waals surface area contributed by atoms with Crippen LogP contribution in [0.3, 0.4) is 0 Å². The Morgan fingerprint density at radius 2 is 2.24 bits per heavy atom. The van der Waals surface area contributed by atoms with Crippen LogP contribution in [0.1, 0.15) is 12.1 Å². The molecule has 2 heterocycles. The number of rotatable bonds is 2. The van der Waals surface area contributed by atoms with Crippen molar-refractivity contribution < 1.29 is 4.74 Å². The van der Waals surface area contributed by atoms with Crippen LogP contribution >= 0.6 is 0 Å². The van der Waals surface area contributed by atoms with E-state index in [0.29, 0.717) is 6.10 Å². The number of nitrogens with one attached hydrogen (secondary N) is 1. The van der Waals surface area contributed by atoms with Crippen LogP contribution in [0.5, 0.6) is 5.75 Å². The van der Waals surface area contributed by atoms with Crippen LogP contribution in [0, 0.1) is 6.92 Å². The predicted molar refractivity (Wildman–Crippen MR) is 68.4 cm³/mol. The molecule has 1 aromatic carbocycles. The fourth-order valence-electron chi connectivity index (χ4n) is 2.28. The SMILES string of the molecule is Cc1cc(OC2CCNC2)c2ccccc2n1. The number of ether oxygens (including phenoxy) is 1. The zero-order chi connectivity index (χ0) is 11.7. The van der Waals surface area contributed by atoms with E-state index >= 15 is 0 Å². The minimum Gasteiger partial charge on any atom is -0.488 e. The molecule has 3 nitrogen and oxygen atoms in total. The molecule has 0 amide bonds. The molecule has 3 rings (SSSR count). The monoisotopic (exact) mass is 228 g/mol. The normalized spacial score (nSPS) is 19.7. The highest BCUT2D eigenvalue weighted by Crippen LogP contribution is 2.26. The molecule has 88 valence electrons. The molecule has 1 unspecified atom stereocenters. The Balaban J connectivity index is 2.01. The number of nitrogens with zero attached hydrogens (tertiary/aromatic N) is 1. The number of para-hydroxylation sites is 1. The highest BCUT2D eigenvalue weighted by Gasteiger charge is 2.17. The van der Waals surface area contributed by atoms with Crippen molar-refractivity contribution in [1.82, 2.24) is 10.3 Å². The standard InChI is InChI=1S/C14H16N2O/c1-10-8-14(17-11-6-7-15-9-11)12-4-2-3-5-13(12)16-10/h2-5,8,11,15H,6-7,9H2,1H3. The van der Waals surface area contributed by atoms with Gasteiger partial charge in [-0.3, -0.25) is 4.98 Å². The van der Waals surface area contributed by atoms with Crippen molar-refractivity contribution in [1.29, 1.82) is 0 Å². The Bertz CT molecular complexity index is 533. The maximum Gasteiger partial charge on any atom is 0.130 e. The first-order valence-electron chi connectivity index (χ1n) is 6.07. The molecule has 1 fully saturated rings. The molecule has 17 heavy (non-hydrogen) atoms. The number of fused-ring (bicyclic) bond motifs is 1. The van der Waals surface area contributed by atoms with Crippen LogP contribution in [-0.4, -0.2) is 24.2 Å². The van der Waals surface area contributed by atoms with E-state index in [0.717, 1.165) is 41.9 Å². The van der Waals surface area contributed by atoms with E-state index in [2.05, 4.69) is 16.4 Å². The molecule has 0 spiro atoms. The topological polar surface area (TPSA) is 34.1 Å². The summed E-state index contributed by atoms with van der Waals surface area (Å²) in [6.07, 6.45) is 1.37. The summed E-state index contributed by atoms with van der Waals surface area (Å²) in [5.41, 5.74) is 2.01. The molecule has 1 atom stereocenters. The predicted octanol–water partition coefficient (Wildman–Crippen LogP) is 2.28. The van der Waals surface area contributed by atoms with Gasteiger partial charge in [0.15, 0.2) is 0 Å². The zero-order valence-corrected chi connectivity index (χ0v) is 9.94. The molecule has 3 heteroatoms. The number of hydrogen-bond donors (Lipinski definition) is 1. The first kappa shape index (κ1) is 10.5. The van der Waals surface area contributed by atoms with Crippen molar-refractivity contribution in [2.75, 3.05) is 13.1 Å². The van der Waals surface area contributed by atoms with Crippen LogP contribution in [-0.2, 0) is 0 Å². The Kier molecular flexibility index (Phi) is 2.69. The van der Waals surface area contributed by atoms with E-state index < -0.39 is 0 Å². The number of hydrogen-bond acceptors (Lipinski definition) is 3. The average Bonchev–Trinajstić information content (AvgIpc) is 2.81. The smallest absolute Gasteiger partial charge is 0.130 e. The highest BCUT2D eigenvalue weighted by atomic mass is 16.5. The third-order valence-electron chi connectivity index (χ3n) is 3.12. The third-order valence-corrected chi connectivity index (χ3v) is 3.12. The molecule has 0 bridgehead atoms. The summed E-state index contributed by atoms with van der Waals surface area (Å²) in [7, 11) is 0. The second-order valence-corrected chi connectivity index (χ2v) is 4.51. The van der Waals surface area contributed by atoms with E-state index in [1.807, 2.05) is 31.2 Å². The first-order valence-corrected chi connectivity index (χ1v) is 6.07. The van der Waals surface area contributed by atoms with Gasteiger partial charge >= 0.3 is 0 Å². The quantitative estimate of drug-likeness (QED) is 0.856. The Morgan fingerprint density at radius 3 is 3.06 bits per heavy atom. The fraction of sp³-hybridized carbons (Fsp3) is 0.357. The van der Waals surface area contributed by atoms with Gasteiger partial charge in [0.2, 0.25) is 0 Å². The van der Waals surface area contributed by atoms with Gasteiger partial charge in [-0.1, -0.05) is 12.1 Å². The van der Waals surface area contributed by atoms with Crippen LogP contribution in [0.15, 0.2) is 30.3 Å². The molecule has 2 aromatic rings. The van der Waals surface area contributed by atoms with Gasteiger partial charge in [-0.25, -0.2) is 0 Å². The number of aromatic nitrogens is 1. The molecule has 0 saturated carbocycles.